The Kier molecular flexibility index (Phi) is 7.85. The van der Waals surface area contributed by atoms with Crippen molar-refractivity contribution in [2.75, 3.05) is 13.2 Å². The summed E-state index contributed by atoms with van der Waals surface area (Å²) in [5.41, 5.74) is 1.40. The zero-order valence-corrected chi connectivity index (χ0v) is 16.9. The molecule has 2 nitrogen and oxygen atoms in total. The SMILES string of the molecule is CCCC1CCC(CCC2CCC(c3ccc(OCC)cc3)CO2)CC1. The van der Waals surface area contributed by atoms with E-state index in [9.17, 15) is 0 Å². The molecule has 1 saturated carbocycles. The fourth-order valence-electron chi connectivity index (χ4n) is 4.94. The summed E-state index contributed by atoms with van der Waals surface area (Å²) in [5.74, 6) is 3.53. The predicted octanol–water partition coefficient (Wildman–Crippen LogP) is 6.73. The third-order valence-electron chi connectivity index (χ3n) is 6.59. The number of hydrogen-bond donors (Lipinski definition) is 0. The summed E-state index contributed by atoms with van der Waals surface area (Å²) in [6.07, 6.45) is 14.3. The summed E-state index contributed by atoms with van der Waals surface area (Å²) in [6.45, 7) is 5.97. The topological polar surface area (TPSA) is 18.5 Å². The van der Waals surface area contributed by atoms with E-state index in [0.29, 0.717) is 12.0 Å². The monoisotopic (exact) mass is 358 g/mol. The molecule has 0 aromatic heterocycles. The highest BCUT2D eigenvalue weighted by Crippen LogP contribution is 2.36. The first-order chi connectivity index (χ1) is 12.8. The van der Waals surface area contributed by atoms with Gasteiger partial charge >= 0.3 is 0 Å². The van der Waals surface area contributed by atoms with Gasteiger partial charge in [0, 0.05) is 5.92 Å². The molecule has 2 aliphatic rings. The van der Waals surface area contributed by atoms with Crippen LogP contribution in [-0.2, 0) is 4.74 Å². The zero-order valence-electron chi connectivity index (χ0n) is 16.9. The van der Waals surface area contributed by atoms with Crippen molar-refractivity contribution in [3.8, 4) is 5.75 Å². The average molecular weight is 359 g/mol. The Morgan fingerprint density at radius 2 is 1.54 bits per heavy atom. The van der Waals surface area contributed by atoms with Crippen LogP contribution in [0, 0.1) is 11.8 Å². The van der Waals surface area contributed by atoms with Crippen LogP contribution in [0.4, 0.5) is 0 Å². The van der Waals surface area contributed by atoms with E-state index in [4.69, 9.17) is 9.47 Å². The minimum atomic E-state index is 0.502. The van der Waals surface area contributed by atoms with Crippen molar-refractivity contribution < 1.29 is 9.47 Å². The zero-order chi connectivity index (χ0) is 18.2. The molecule has 146 valence electrons. The van der Waals surface area contributed by atoms with E-state index < -0.39 is 0 Å². The van der Waals surface area contributed by atoms with Gasteiger partial charge in [0.05, 0.1) is 19.3 Å². The predicted molar refractivity (Wildman–Crippen MR) is 109 cm³/mol. The summed E-state index contributed by atoms with van der Waals surface area (Å²) in [7, 11) is 0. The van der Waals surface area contributed by atoms with Crippen LogP contribution >= 0.6 is 0 Å². The van der Waals surface area contributed by atoms with Crippen molar-refractivity contribution in [1.82, 2.24) is 0 Å². The first kappa shape index (κ1) is 19.7. The lowest BCUT2D eigenvalue weighted by atomic mass is 9.78. The molecule has 0 N–H and O–H groups in total. The van der Waals surface area contributed by atoms with Crippen LogP contribution in [0.1, 0.15) is 89.5 Å². The highest BCUT2D eigenvalue weighted by atomic mass is 16.5. The molecule has 0 amide bonds. The lowest BCUT2D eigenvalue weighted by molar-refractivity contribution is -0.00529. The summed E-state index contributed by atoms with van der Waals surface area (Å²) in [5, 5.41) is 0. The van der Waals surface area contributed by atoms with Crippen LogP contribution in [0.25, 0.3) is 0 Å². The first-order valence-corrected chi connectivity index (χ1v) is 11.1. The van der Waals surface area contributed by atoms with Crippen molar-refractivity contribution in [2.45, 2.75) is 90.1 Å². The highest BCUT2D eigenvalue weighted by molar-refractivity contribution is 5.29. The van der Waals surface area contributed by atoms with Gasteiger partial charge in [-0.2, -0.15) is 0 Å². The Morgan fingerprint density at radius 1 is 0.846 bits per heavy atom. The molecule has 2 fully saturated rings. The maximum Gasteiger partial charge on any atom is 0.119 e. The van der Waals surface area contributed by atoms with Gasteiger partial charge in [0.25, 0.3) is 0 Å². The Balaban J connectivity index is 1.35. The first-order valence-electron chi connectivity index (χ1n) is 11.1. The van der Waals surface area contributed by atoms with Gasteiger partial charge < -0.3 is 9.47 Å². The van der Waals surface area contributed by atoms with Crippen molar-refractivity contribution in [2.24, 2.45) is 11.8 Å². The van der Waals surface area contributed by atoms with Crippen LogP contribution in [-0.4, -0.2) is 19.3 Å². The van der Waals surface area contributed by atoms with Crippen LogP contribution in [0.5, 0.6) is 5.75 Å². The van der Waals surface area contributed by atoms with Crippen LogP contribution in [0.3, 0.4) is 0 Å². The van der Waals surface area contributed by atoms with Gasteiger partial charge in [-0.1, -0.05) is 57.6 Å². The normalized spacial score (nSPS) is 29.5. The quantitative estimate of drug-likeness (QED) is 0.512. The molecule has 0 bridgehead atoms. The molecule has 1 aromatic rings. The molecular weight excluding hydrogens is 320 g/mol. The van der Waals surface area contributed by atoms with Gasteiger partial charge in [-0.3, -0.25) is 0 Å². The van der Waals surface area contributed by atoms with E-state index >= 15 is 0 Å². The van der Waals surface area contributed by atoms with E-state index in [1.54, 1.807) is 0 Å². The molecule has 2 atom stereocenters. The van der Waals surface area contributed by atoms with Gasteiger partial charge in [0.2, 0.25) is 0 Å². The molecule has 1 aliphatic carbocycles. The number of ether oxygens (including phenoxy) is 2. The molecular formula is C24H38O2. The van der Waals surface area contributed by atoms with Crippen LogP contribution in [0.15, 0.2) is 24.3 Å². The Hall–Kier alpha value is -1.02. The Bertz CT molecular complexity index is 493. The molecule has 1 heterocycles. The molecule has 1 aromatic carbocycles. The van der Waals surface area contributed by atoms with E-state index in [2.05, 4.69) is 31.2 Å². The Morgan fingerprint density at radius 3 is 2.12 bits per heavy atom. The smallest absolute Gasteiger partial charge is 0.119 e. The standard InChI is InChI=1S/C24H38O2/c1-3-5-19-6-8-20(9-7-19)10-14-24-17-13-22(18-26-24)21-11-15-23(16-12-21)25-4-2/h11-12,15-16,19-20,22,24H,3-10,13-14,17-18H2,1-2H3. The lowest BCUT2D eigenvalue weighted by Crippen LogP contribution is -2.26. The largest absolute Gasteiger partial charge is 0.494 e. The average Bonchev–Trinajstić information content (AvgIpc) is 2.69. The van der Waals surface area contributed by atoms with Crippen molar-refractivity contribution in [3.05, 3.63) is 29.8 Å². The lowest BCUT2D eigenvalue weighted by Gasteiger charge is -2.32. The maximum absolute atomic E-state index is 6.24. The summed E-state index contributed by atoms with van der Waals surface area (Å²) < 4.78 is 11.8. The third kappa shape index (κ3) is 5.74. The van der Waals surface area contributed by atoms with Crippen LogP contribution in [0.2, 0.25) is 0 Å². The maximum atomic E-state index is 6.24. The number of hydrogen-bond acceptors (Lipinski definition) is 2. The van der Waals surface area contributed by atoms with Gasteiger partial charge in [0.15, 0.2) is 0 Å². The van der Waals surface area contributed by atoms with E-state index in [0.717, 1.165) is 30.8 Å². The summed E-state index contributed by atoms with van der Waals surface area (Å²) >= 11 is 0. The minimum Gasteiger partial charge on any atom is -0.494 e. The van der Waals surface area contributed by atoms with Crippen LogP contribution < -0.4 is 4.74 Å². The van der Waals surface area contributed by atoms with E-state index in [-0.39, 0.29) is 0 Å². The molecule has 1 aliphatic heterocycles. The summed E-state index contributed by atoms with van der Waals surface area (Å²) in [4.78, 5) is 0. The molecule has 1 saturated heterocycles. The third-order valence-corrected chi connectivity index (χ3v) is 6.59. The molecule has 3 rings (SSSR count). The number of rotatable bonds is 8. The number of benzene rings is 1. The van der Waals surface area contributed by atoms with Gasteiger partial charge in [-0.05, 0) is 62.1 Å². The van der Waals surface area contributed by atoms with Crippen molar-refractivity contribution in [3.63, 3.8) is 0 Å². The molecule has 0 radical (unpaired) electrons. The fraction of sp³-hybridized carbons (Fsp3) is 0.750. The van der Waals surface area contributed by atoms with E-state index in [1.807, 2.05) is 6.92 Å². The van der Waals surface area contributed by atoms with E-state index in [1.165, 1.54) is 69.8 Å². The highest BCUT2D eigenvalue weighted by Gasteiger charge is 2.25. The second kappa shape index (κ2) is 10.3. The minimum absolute atomic E-state index is 0.502. The Labute approximate surface area is 160 Å². The second-order valence-electron chi connectivity index (χ2n) is 8.48. The summed E-state index contributed by atoms with van der Waals surface area (Å²) in [6, 6.07) is 8.63. The van der Waals surface area contributed by atoms with Crippen molar-refractivity contribution in [1.29, 1.82) is 0 Å². The van der Waals surface area contributed by atoms with Gasteiger partial charge in [-0.15, -0.1) is 0 Å². The molecule has 0 spiro atoms. The van der Waals surface area contributed by atoms with Gasteiger partial charge in [-0.25, -0.2) is 0 Å². The second-order valence-corrected chi connectivity index (χ2v) is 8.48. The van der Waals surface area contributed by atoms with Gasteiger partial charge in [0.1, 0.15) is 5.75 Å². The van der Waals surface area contributed by atoms with Crippen molar-refractivity contribution >= 4 is 0 Å². The molecule has 26 heavy (non-hydrogen) atoms. The molecule has 2 heteroatoms. The fourth-order valence-corrected chi connectivity index (χ4v) is 4.94. The molecule has 2 unspecified atom stereocenters.